The van der Waals surface area contributed by atoms with Crippen LogP contribution < -0.4 is 5.32 Å². The van der Waals surface area contributed by atoms with Gasteiger partial charge in [0.05, 0.1) is 12.0 Å². The maximum Gasteiger partial charge on any atom is 0.281 e. The van der Waals surface area contributed by atoms with E-state index in [1.807, 2.05) is 30.3 Å². The molecule has 2 atom stereocenters. The van der Waals surface area contributed by atoms with Crippen molar-refractivity contribution in [3.63, 3.8) is 0 Å². The predicted octanol–water partition coefficient (Wildman–Crippen LogP) is 2.41. The molecule has 0 saturated carbocycles. The molecule has 1 saturated heterocycles. The molecule has 0 spiro atoms. The SMILES string of the molecule is CC(C)C[C@H](NC(=O)[C@H]1CCCN(S(=O)(=O)N(C)C)C1)c1ccccc1. The Bertz CT molecular complexity index is 689. The summed E-state index contributed by atoms with van der Waals surface area (Å²) in [6, 6.07) is 9.91. The van der Waals surface area contributed by atoms with E-state index in [1.165, 1.54) is 22.7 Å². The number of hydrogen-bond acceptors (Lipinski definition) is 3. The van der Waals surface area contributed by atoms with E-state index in [4.69, 9.17) is 0 Å². The Hall–Kier alpha value is -1.44. The molecule has 0 aromatic heterocycles. The first-order chi connectivity index (χ1) is 12.2. The Morgan fingerprint density at radius 1 is 1.27 bits per heavy atom. The van der Waals surface area contributed by atoms with Crippen molar-refractivity contribution >= 4 is 16.1 Å². The summed E-state index contributed by atoms with van der Waals surface area (Å²) in [5.41, 5.74) is 1.09. The van der Waals surface area contributed by atoms with Crippen LogP contribution in [0.15, 0.2) is 30.3 Å². The van der Waals surface area contributed by atoms with Gasteiger partial charge in [-0.05, 0) is 30.7 Å². The first-order valence-corrected chi connectivity index (χ1v) is 10.6. The van der Waals surface area contributed by atoms with Crippen LogP contribution in [0.2, 0.25) is 0 Å². The summed E-state index contributed by atoms with van der Waals surface area (Å²) in [7, 11) is -0.438. The van der Waals surface area contributed by atoms with Crippen LogP contribution in [0, 0.1) is 11.8 Å². The van der Waals surface area contributed by atoms with Gasteiger partial charge in [0.25, 0.3) is 10.2 Å². The van der Waals surface area contributed by atoms with Gasteiger partial charge < -0.3 is 5.32 Å². The standard InChI is InChI=1S/C19H31N3O3S/c1-15(2)13-18(16-9-6-5-7-10-16)20-19(23)17-11-8-12-22(14-17)26(24,25)21(3)4/h5-7,9-10,15,17-18H,8,11-14H2,1-4H3,(H,20,23)/t17-,18-/m0/s1. The summed E-state index contributed by atoms with van der Waals surface area (Å²) >= 11 is 0. The van der Waals surface area contributed by atoms with Gasteiger partial charge in [-0.1, -0.05) is 44.2 Å². The lowest BCUT2D eigenvalue weighted by atomic mass is 9.94. The zero-order valence-corrected chi connectivity index (χ0v) is 17.0. The number of hydrogen-bond donors (Lipinski definition) is 1. The van der Waals surface area contributed by atoms with E-state index in [-0.39, 0.29) is 24.4 Å². The van der Waals surface area contributed by atoms with Gasteiger partial charge in [-0.3, -0.25) is 4.79 Å². The Morgan fingerprint density at radius 2 is 1.92 bits per heavy atom. The van der Waals surface area contributed by atoms with Gasteiger partial charge >= 0.3 is 0 Å². The third kappa shape index (κ3) is 5.28. The van der Waals surface area contributed by atoms with Crippen molar-refractivity contribution in [3.8, 4) is 0 Å². The molecule has 1 fully saturated rings. The van der Waals surface area contributed by atoms with Crippen molar-refractivity contribution in [2.45, 2.75) is 39.2 Å². The number of nitrogens with one attached hydrogen (secondary N) is 1. The summed E-state index contributed by atoms with van der Waals surface area (Å²) in [6.45, 7) is 4.98. The number of benzene rings is 1. The molecule has 146 valence electrons. The highest BCUT2D eigenvalue weighted by Gasteiger charge is 2.34. The highest BCUT2D eigenvalue weighted by Crippen LogP contribution is 2.24. The first kappa shape index (κ1) is 20.9. The van der Waals surface area contributed by atoms with Gasteiger partial charge in [-0.15, -0.1) is 0 Å². The summed E-state index contributed by atoms with van der Waals surface area (Å²) in [6.07, 6.45) is 2.27. The lowest BCUT2D eigenvalue weighted by molar-refractivity contribution is -0.127. The van der Waals surface area contributed by atoms with E-state index < -0.39 is 10.2 Å². The topological polar surface area (TPSA) is 69.7 Å². The molecule has 0 unspecified atom stereocenters. The van der Waals surface area contributed by atoms with E-state index in [0.29, 0.717) is 25.3 Å². The molecule has 2 rings (SSSR count). The van der Waals surface area contributed by atoms with Crippen LogP contribution in [-0.4, -0.2) is 50.1 Å². The fourth-order valence-electron chi connectivity index (χ4n) is 3.32. The smallest absolute Gasteiger partial charge is 0.281 e. The van der Waals surface area contributed by atoms with Gasteiger partial charge in [0, 0.05) is 27.2 Å². The molecule has 1 amide bonds. The summed E-state index contributed by atoms with van der Waals surface area (Å²) < 4.78 is 27.4. The minimum Gasteiger partial charge on any atom is -0.349 e. The van der Waals surface area contributed by atoms with Crippen molar-refractivity contribution in [2.75, 3.05) is 27.2 Å². The van der Waals surface area contributed by atoms with Crippen molar-refractivity contribution in [1.29, 1.82) is 0 Å². The fraction of sp³-hybridized carbons (Fsp3) is 0.632. The first-order valence-electron chi connectivity index (χ1n) is 9.24. The number of amides is 1. The lowest BCUT2D eigenvalue weighted by Crippen LogP contribution is -2.49. The van der Waals surface area contributed by atoms with Gasteiger partial charge in [0.1, 0.15) is 0 Å². The molecule has 0 aliphatic carbocycles. The van der Waals surface area contributed by atoms with E-state index in [2.05, 4.69) is 19.2 Å². The Morgan fingerprint density at radius 3 is 2.50 bits per heavy atom. The zero-order valence-electron chi connectivity index (χ0n) is 16.2. The number of nitrogens with zero attached hydrogens (tertiary/aromatic N) is 2. The van der Waals surface area contributed by atoms with Crippen LogP contribution in [0.5, 0.6) is 0 Å². The molecular weight excluding hydrogens is 350 g/mol. The minimum atomic E-state index is -3.48. The Balaban J connectivity index is 2.09. The van der Waals surface area contributed by atoms with Crippen LogP contribution >= 0.6 is 0 Å². The average Bonchev–Trinajstić information content (AvgIpc) is 2.61. The molecular formula is C19H31N3O3S. The number of carbonyl (C=O) groups is 1. The highest BCUT2D eigenvalue weighted by atomic mass is 32.2. The highest BCUT2D eigenvalue weighted by molar-refractivity contribution is 7.86. The quantitative estimate of drug-likeness (QED) is 0.788. The van der Waals surface area contributed by atoms with E-state index >= 15 is 0 Å². The van der Waals surface area contributed by atoms with E-state index in [1.54, 1.807) is 0 Å². The molecule has 1 N–H and O–H groups in total. The molecule has 0 bridgehead atoms. The number of rotatable bonds is 7. The largest absolute Gasteiger partial charge is 0.349 e. The Kier molecular flexibility index (Phi) is 7.20. The second-order valence-electron chi connectivity index (χ2n) is 7.59. The maximum absolute atomic E-state index is 12.9. The molecule has 0 radical (unpaired) electrons. The monoisotopic (exact) mass is 381 g/mol. The Labute approximate surface area is 157 Å². The minimum absolute atomic E-state index is 0.0514. The summed E-state index contributed by atoms with van der Waals surface area (Å²) in [5.74, 6) is 0.0764. The fourth-order valence-corrected chi connectivity index (χ4v) is 4.51. The average molecular weight is 382 g/mol. The third-order valence-corrected chi connectivity index (χ3v) is 6.68. The number of carbonyl (C=O) groups excluding carboxylic acids is 1. The normalized spacial score (nSPS) is 20.3. The maximum atomic E-state index is 12.9. The third-order valence-electron chi connectivity index (χ3n) is 4.77. The molecule has 26 heavy (non-hydrogen) atoms. The van der Waals surface area contributed by atoms with Crippen molar-refractivity contribution < 1.29 is 13.2 Å². The summed E-state index contributed by atoms with van der Waals surface area (Å²) in [4.78, 5) is 12.9. The van der Waals surface area contributed by atoms with Gasteiger partial charge in [0.15, 0.2) is 0 Å². The second-order valence-corrected chi connectivity index (χ2v) is 9.73. The molecule has 6 nitrogen and oxygen atoms in total. The predicted molar refractivity (Wildman–Crippen MR) is 104 cm³/mol. The van der Waals surface area contributed by atoms with Crippen LogP contribution in [0.1, 0.15) is 44.7 Å². The zero-order chi connectivity index (χ0) is 19.3. The lowest BCUT2D eigenvalue weighted by Gasteiger charge is -2.33. The molecule has 1 aromatic carbocycles. The number of piperidine rings is 1. The second kappa shape index (κ2) is 8.97. The van der Waals surface area contributed by atoms with E-state index in [9.17, 15) is 13.2 Å². The van der Waals surface area contributed by atoms with Gasteiger partial charge in [0.2, 0.25) is 5.91 Å². The molecule has 1 aromatic rings. The molecule has 1 aliphatic heterocycles. The van der Waals surface area contributed by atoms with Crippen LogP contribution in [0.3, 0.4) is 0 Å². The van der Waals surface area contributed by atoms with Crippen molar-refractivity contribution in [2.24, 2.45) is 11.8 Å². The van der Waals surface area contributed by atoms with Gasteiger partial charge in [-0.2, -0.15) is 17.0 Å². The molecule has 1 aliphatic rings. The van der Waals surface area contributed by atoms with E-state index in [0.717, 1.165) is 12.0 Å². The van der Waals surface area contributed by atoms with Gasteiger partial charge in [-0.25, -0.2) is 0 Å². The van der Waals surface area contributed by atoms with Crippen molar-refractivity contribution in [1.82, 2.24) is 13.9 Å². The van der Waals surface area contributed by atoms with Crippen LogP contribution in [0.25, 0.3) is 0 Å². The summed E-state index contributed by atoms with van der Waals surface area (Å²) in [5, 5.41) is 3.16. The van der Waals surface area contributed by atoms with Crippen LogP contribution in [-0.2, 0) is 15.0 Å². The van der Waals surface area contributed by atoms with Crippen molar-refractivity contribution in [3.05, 3.63) is 35.9 Å². The van der Waals surface area contributed by atoms with Crippen LogP contribution in [0.4, 0.5) is 0 Å². The molecule has 1 heterocycles. The molecule has 7 heteroatoms.